The molecule has 0 spiro atoms. The summed E-state index contributed by atoms with van der Waals surface area (Å²) in [7, 11) is 1.97. The Bertz CT molecular complexity index is 625. The number of carbonyl (C=O) groups is 2. The molecule has 0 aromatic carbocycles. The van der Waals surface area contributed by atoms with Gasteiger partial charge in [0.25, 0.3) is 0 Å². The van der Waals surface area contributed by atoms with Gasteiger partial charge in [0.15, 0.2) is 0 Å². The molecule has 2 amide bonds. The van der Waals surface area contributed by atoms with Crippen LogP contribution in [-0.4, -0.2) is 43.2 Å². The summed E-state index contributed by atoms with van der Waals surface area (Å²) in [6, 6.07) is 3.77. The van der Waals surface area contributed by atoms with Crippen LogP contribution in [0.4, 0.5) is 10.6 Å². The van der Waals surface area contributed by atoms with Crippen LogP contribution in [0.5, 0.6) is 0 Å². The summed E-state index contributed by atoms with van der Waals surface area (Å²) in [6.45, 7) is 1.16. The summed E-state index contributed by atoms with van der Waals surface area (Å²) in [6.07, 6.45) is 1.22. The van der Waals surface area contributed by atoms with Crippen molar-refractivity contribution < 1.29 is 14.3 Å². The molecule has 2 aliphatic heterocycles. The van der Waals surface area contributed by atoms with E-state index in [1.54, 1.807) is 0 Å². The minimum Gasteiger partial charge on any atom is -0.441 e. The van der Waals surface area contributed by atoms with Crippen molar-refractivity contribution in [1.29, 1.82) is 0 Å². The first-order valence-corrected chi connectivity index (χ1v) is 8.43. The third kappa shape index (κ3) is 3.74. The topological polar surface area (TPSA) is 83.6 Å². The number of hydrogen-bond acceptors (Lipinski definition) is 5. The van der Waals surface area contributed by atoms with Crippen LogP contribution in [0.1, 0.15) is 30.9 Å². The van der Waals surface area contributed by atoms with Crippen molar-refractivity contribution in [2.24, 2.45) is 0 Å². The van der Waals surface area contributed by atoms with Gasteiger partial charge in [0.2, 0.25) is 5.91 Å². The second-order valence-corrected chi connectivity index (χ2v) is 6.65. The van der Waals surface area contributed by atoms with Crippen LogP contribution in [0.3, 0.4) is 0 Å². The molecule has 8 heteroatoms. The number of halogens is 1. The van der Waals surface area contributed by atoms with Crippen LogP contribution in [-0.2, 0) is 9.53 Å². The predicted octanol–water partition coefficient (Wildman–Crippen LogP) is 1.73. The zero-order valence-corrected chi connectivity index (χ0v) is 14.4. The number of anilines is 1. The van der Waals surface area contributed by atoms with Gasteiger partial charge in [-0.05, 0) is 34.5 Å². The van der Waals surface area contributed by atoms with Crippen LogP contribution >= 0.6 is 15.9 Å². The van der Waals surface area contributed by atoms with Gasteiger partial charge < -0.3 is 20.3 Å². The van der Waals surface area contributed by atoms with Gasteiger partial charge in [-0.1, -0.05) is 0 Å². The van der Waals surface area contributed by atoms with Crippen LogP contribution in [0.2, 0.25) is 0 Å². The normalized spacial score (nSPS) is 23.2. The van der Waals surface area contributed by atoms with Crippen LogP contribution in [0, 0.1) is 0 Å². The quantitative estimate of drug-likeness (QED) is 0.777. The summed E-state index contributed by atoms with van der Waals surface area (Å²) in [4.78, 5) is 29.7. The number of nitrogens with zero attached hydrogens (tertiary/aromatic N) is 2. The number of nitrogens with one attached hydrogen (secondary N) is 2. The highest BCUT2D eigenvalue weighted by Gasteiger charge is 2.28. The van der Waals surface area contributed by atoms with Crippen LogP contribution in [0.15, 0.2) is 16.7 Å². The molecule has 3 heterocycles. The highest BCUT2D eigenvalue weighted by Crippen LogP contribution is 2.34. The van der Waals surface area contributed by atoms with E-state index < -0.39 is 6.09 Å². The largest absolute Gasteiger partial charge is 0.441 e. The van der Waals surface area contributed by atoms with Crippen LogP contribution < -0.4 is 15.5 Å². The fourth-order valence-corrected chi connectivity index (χ4v) is 3.20. The molecule has 0 radical (unpaired) electrons. The Kier molecular flexibility index (Phi) is 4.70. The molecule has 2 aliphatic rings. The van der Waals surface area contributed by atoms with E-state index in [9.17, 15) is 9.59 Å². The molecule has 1 fully saturated rings. The zero-order valence-electron chi connectivity index (χ0n) is 12.8. The standard InChI is InChI=1S/C15H19BrN4O3/c1-20-7-6-11(10-3-4-12(16)19-14(10)20)23-15(22)17-8-9-2-5-13(21)18-9/h3-4,9,11H,2,5-8H2,1H3,(H,17,22)(H,18,21)/t9-,11?/m0/s1. The molecule has 0 saturated carbocycles. The molecular formula is C15H19BrN4O3. The summed E-state index contributed by atoms with van der Waals surface area (Å²) in [5.41, 5.74) is 0.909. The second-order valence-electron chi connectivity index (χ2n) is 5.84. The number of alkyl carbamates (subject to hydrolysis) is 1. The smallest absolute Gasteiger partial charge is 0.407 e. The molecule has 1 aromatic rings. The van der Waals surface area contributed by atoms with Gasteiger partial charge in [-0.25, -0.2) is 9.78 Å². The highest BCUT2D eigenvalue weighted by atomic mass is 79.9. The number of aromatic nitrogens is 1. The van der Waals surface area contributed by atoms with Gasteiger partial charge in [-0.3, -0.25) is 4.79 Å². The Morgan fingerprint density at radius 2 is 2.35 bits per heavy atom. The number of hydrogen-bond donors (Lipinski definition) is 2. The fraction of sp³-hybridized carbons (Fsp3) is 0.533. The minimum atomic E-state index is -0.463. The van der Waals surface area contributed by atoms with Crippen molar-refractivity contribution in [2.45, 2.75) is 31.4 Å². The number of amides is 2. The Hall–Kier alpha value is -1.83. The second kappa shape index (κ2) is 6.74. The first-order chi connectivity index (χ1) is 11.0. The Morgan fingerprint density at radius 1 is 1.52 bits per heavy atom. The molecule has 1 saturated heterocycles. The van der Waals surface area contributed by atoms with Gasteiger partial charge in [-0.15, -0.1) is 0 Å². The summed E-state index contributed by atoms with van der Waals surface area (Å²) >= 11 is 3.36. The van der Waals surface area contributed by atoms with Gasteiger partial charge >= 0.3 is 6.09 Å². The van der Waals surface area contributed by atoms with Crippen molar-refractivity contribution in [3.8, 4) is 0 Å². The van der Waals surface area contributed by atoms with Gasteiger partial charge in [0.1, 0.15) is 16.5 Å². The molecule has 3 rings (SSSR count). The molecule has 1 unspecified atom stereocenters. The first-order valence-electron chi connectivity index (χ1n) is 7.64. The Morgan fingerprint density at radius 3 is 3.09 bits per heavy atom. The molecule has 23 heavy (non-hydrogen) atoms. The van der Waals surface area contributed by atoms with Crippen molar-refractivity contribution >= 4 is 33.7 Å². The van der Waals surface area contributed by atoms with Crippen molar-refractivity contribution in [1.82, 2.24) is 15.6 Å². The van der Waals surface area contributed by atoms with Crippen molar-refractivity contribution in [3.63, 3.8) is 0 Å². The average molecular weight is 383 g/mol. The number of pyridine rings is 1. The van der Waals surface area contributed by atoms with E-state index in [2.05, 4.69) is 31.5 Å². The Labute approximate surface area is 142 Å². The maximum absolute atomic E-state index is 12.0. The third-order valence-electron chi connectivity index (χ3n) is 4.13. The van der Waals surface area contributed by atoms with Crippen LogP contribution in [0.25, 0.3) is 0 Å². The molecular weight excluding hydrogens is 364 g/mol. The van der Waals surface area contributed by atoms with Gasteiger partial charge in [0, 0.05) is 44.6 Å². The lowest BCUT2D eigenvalue weighted by atomic mass is 10.0. The first kappa shape index (κ1) is 16.0. The van der Waals surface area contributed by atoms with E-state index in [0.29, 0.717) is 13.0 Å². The van der Waals surface area contributed by atoms with E-state index in [4.69, 9.17) is 4.74 Å². The van der Waals surface area contributed by atoms with Gasteiger partial charge in [0.05, 0.1) is 0 Å². The molecule has 124 valence electrons. The summed E-state index contributed by atoms with van der Waals surface area (Å²) in [5.74, 6) is 0.859. The predicted molar refractivity (Wildman–Crippen MR) is 88.2 cm³/mol. The lowest BCUT2D eigenvalue weighted by molar-refractivity contribution is -0.119. The maximum Gasteiger partial charge on any atom is 0.407 e. The molecule has 7 nitrogen and oxygen atoms in total. The molecule has 0 aliphatic carbocycles. The van der Waals surface area contributed by atoms with E-state index in [1.807, 2.05) is 24.1 Å². The molecule has 2 atom stereocenters. The molecule has 0 bridgehead atoms. The van der Waals surface area contributed by atoms with E-state index in [1.165, 1.54) is 0 Å². The fourth-order valence-electron chi connectivity index (χ4n) is 2.90. The van der Waals surface area contributed by atoms with Crippen molar-refractivity contribution in [2.75, 3.05) is 25.0 Å². The van der Waals surface area contributed by atoms with Gasteiger partial charge in [-0.2, -0.15) is 0 Å². The van der Waals surface area contributed by atoms with E-state index >= 15 is 0 Å². The minimum absolute atomic E-state index is 0.00236. The number of fused-ring (bicyclic) bond motifs is 1. The SMILES string of the molecule is CN1CCC(OC(=O)NC[C@@H]2CCC(=O)N2)c2ccc(Br)nc21. The summed E-state index contributed by atoms with van der Waals surface area (Å²) < 4.78 is 6.30. The summed E-state index contributed by atoms with van der Waals surface area (Å²) in [5, 5.41) is 5.54. The highest BCUT2D eigenvalue weighted by molar-refractivity contribution is 9.10. The third-order valence-corrected chi connectivity index (χ3v) is 4.58. The lowest BCUT2D eigenvalue weighted by Gasteiger charge is -2.31. The number of carbonyl (C=O) groups excluding carboxylic acids is 2. The number of rotatable bonds is 3. The monoisotopic (exact) mass is 382 g/mol. The lowest BCUT2D eigenvalue weighted by Crippen LogP contribution is -2.39. The van der Waals surface area contributed by atoms with E-state index in [-0.39, 0.29) is 18.1 Å². The molecule has 2 N–H and O–H groups in total. The van der Waals surface area contributed by atoms with Crippen molar-refractivity contribution in [3.05, 3.63) is 22.3 Å². The average Bonchev–Trinajstić information content (AvgIpc) is 2.94. The Balaban J connectivity index is 1.59. The zero-order chi connectivity index (χ0) is 16.4. The molecule has 1 aromatic heterocycles. The maximum atomic E-state index is 12.0. The van der Waals surface area contributed by atoms with E-state index in [0.717, 1.165) is 35.4 Å². The number of ether oxygens (including phenoxy) is 1.